The predicted molar refractivity (Wildman–Crippen MR) is 180 cm³/mol. The molecule has 4 aromatic rings. The molecule has 0 saturated carbocycles. The molecular formula is C38H35F3N4O2. The van der Waals surface area contributed by atoms with E-state index in [1.807, 2.05) is 18.2 Å². The van der Waals surface area contributed by atoms with E-state index in [0.717, 1.165) is 18.1 Å². The van der Waals surface area contributed by atoms with Crippen LogP contribution < -0.4 is 5.32 Å². The van der Waals surface area contributed by atoms with Crippen molar-refractivity contribution >= 4 is 34.7 Å². The third-order valence-electron chi connectivity index (χ3n) is 9.79. The minimum absolute atomic E-state index is 0.0251. The number of benzene rings is 4. The van der Waals surface area contributed by atoms with E-state index in [9.17, 15) is 9.59 Å². The quantitative estimate of drug-likeness (QED) is 0.244. The van der Waals surface area contributed by atoms with E-state index in [1.165, 1.54) is 66.5 Å². The summed E-state index contributed by atoms with van der Waals surface area (Å²) in [5, 5.41) is 2.93. The zero-order valence-corrected chi connectivity index (χ0v) is 27.3. The van der Waals surface area contributed by atoms with Crippen molar-refractivity contribution in [1.82, 2.24) is 4.90 Å². The number of hydrogen-bond donors (Lipinski definition) is 1. The number of alkyl halides is 3. The maximum atomic E-state index is 15.2. The smallest absolute Gasteiger partial charge is 0.320 e. The SMILES string of the molecule is CN=C1c2ccc([C@@](C)(c3ccc4c(c3)C(=O)Nc3cc([C@H](C)c5ccc(C)c(C)c5)ccc3N=C4C)C(F)(F)F)cc2C(=O)N1C. The Hall–Kier alpha value is -5.05. The number of anilines is 1. The van der Waals surface area contributed by atoms with Gasteiger partial charge < -0.3 is 5.32 Å². The fourth-order valence-electron chi connectivity index (χ4n) is 6.49. The molecule has 9 heteroatoms. The number of aryl methyl sites for hydroxylation is 2. The van der Waals surface area contributed by atoms with E-state index in [1.54, 1.807) is 6.92 Å². The van der Waals surface area contributed by atoms with Crippen LogP contribution in [-0.4, -0.2) is 48.5 Å². The Labute approximate surface area is 272 Å². The maximum Gasteiger partial charge on any atom is 0.402 e. The molecule has 6 nitrogen and oxygen atoms in total. The van der Waals surface area contributed by atoms with E-state index < -0.39 is 23.4 Å². The van der Waals surface area contributed by atoms with E-state index >= 15 is 13.2 Å². The Balaban J connectivity index is 1.42. The molecule has 0 aliphatic carbocycles. The highest BCUT2D eigenvalue weighted by Gasteiger charge is 2.54. The lowest BCUT2D eigenvalue weighted by atomic mass is 9.74. The van der Waals surface area contributed by atoms with Crippen LogP contribution in [0.5, 0.6) is 0 Å². The molecule has 4 aromatic carbocycles. The zero-order chi connectivity index (χ0) is 34.0. The highest BCUT2D eigenvalue weighted by atomic mass is 19.4. The molecular weight excluding hydrogens is 601 g/mol. The molecule has 0 unspecified atom stereocenters. The highest BCUT2D eigenvalue weighted by Crippen LogP contribution is 2.47. The summed E-state index contributed by atoms with van der Waals surface area (Å²) in [5.74, 6) is -0.546. The molecule has 6 rings (SSSR count). The van der Waals surface area contributed by atoms with Crippen LogP contribution >= 0.6 is 0 Å². The maximum absolute atomic E-state index is 15.2. The van der Waals surface area contributed by atoms with E-state index in [2.05, 4.69) is 49.3 Å². The number of fused-ring (bicyclic) bond motifs is 3. The van der Waals surface area contributed by atoms with E-state index in [4.69, 9.17) is 4.99 Å². The highest BCUT2D eigenvalue weighted by molar-refractivity contribution is 6.23. The van der Waals surface area contributed by atoms with Crippen LogP contribution in [0.4, 0.5) is 24.5 Å². The lowest BCUT2D eigenvalue weighted by Crippen LogP contribution is -2.41. The molecule has 47 heavy (non-hydrogen) atoms. The number of nitrogens with zero attached hydrogens (tertiary/aromatic N) is 3. The van der Waals surface area contributed by atoms with Gasteiger partial charge in [0, 0.05) is 42.4 Å². The first-order chi connectivity index (χ1) is 22.1. The first-order valence-electron chi connectivity index (χ1n) is 15.3. The zero-order valence-electron chi connectivity index (χ0n) is 27.3. The average Bonchev–Trinajstić information content (AvgIpc) is 3.28. The van der Waals surface area contributed by atoms with Gasteiger partial charge in [-0.25, -0.2) is 0 Å². The van der Waals surface area contributed by atoms with Crippen molar-refractivity contribution in [3.05, 3.63) is 128 Å². The van der Waals surface area contributed by atoms with Gasteiger partial charge in [-0.2, -0.15) is 13.2 Å². The average molecular weight is 637 g/mol. The van der Waals surface area contributed by atoms with Gasteiger partial charge in [0.2, 0.25) is 0 Å². The molecule has 0 spiro atoms. The normalized spacial score (nSPS) is 17.2. The first-order valence-corrected chi connectivity index (χ1v) is 15.3. The molecule has 2 atom stereocenters. The molecule has 0 radical (unpaired) electrons. The molecule has 2 aliphatic heterocycles. The van der Waals surface area contributed by atoms with Gasteiger partial charge >= 0.3 is 6.18 Å². The second kappa shape index (κ2) is 11.3. The number of carbonyl (C=O) groups is 2. The Morgan fingerprint density at radius 2 is 1.40 bits per heavy atom. The third-order valence-corrected chi connectivity index (χ3v) is 9.79. The molecule has 0 bridgehead atoms. The summed E-state index contributed by atoms with van der Waals surface area (Å²) >= 11 is 0. The Bertz CT molecular complexity index is 2050. The number of amidine groups is 1. The van der Waals surface area contributed by atoms with Gasteiger partial charge in [-0.15, -0.1) is 0 Å². The Morgan fingerprint density at radius 1 is 0.787 bits per heavy atom. The van der Waals surface area contributed by atoms with Crippen LogP contribution in [0.15, 0.2) is 82.8 Å². The molecule has 0 saturated heterocycles. The van der Waals surface area contributed by atoms with Gasteiger partial charge in [-0.05, 0) is 85.3 Å². The van der Waals surface area contributed by atoms with Crippen LogP contribution in [0.1, 0.15) is 91.9 Å². The summed E-state index contributed by atoms with van der Waals surface area (Å²) in [6.45, 7) is 9.04. The third kappa shape index (κ3) is 5.14. The van der Waals surface area contributed by atoms with Gasteiger partial charge in [0.15, 0.2) is 0 Å². The van der Waals surface area contributed by atoms with E-state index in [-0.39, 0.29) is 28.2 Å². The van der Waals surface area contributed by atoms with Crippen LogP contribution in [0.2, 0.25) is 0 Å². The number of aliphatic imine (C=N–C) groups is 2. The van der Waals surface area contributed by atoms with Crippen molar-refractivity contribution in [2.24, 2.45) is 9.98 Å². The number of nitrogens with one attached hydrogen (secondary N) is 1. The molecule has 1 N–H and O–H groups in total. The number of hydrogen-bond acceptors (Lipinski definition) is 4. The molecule has 0 fully saturated rings. The number of amides is 2. The van der Waals surface area contributed by atoms with Crippen LogP contribution in [0.3, 0.4) is 0 Å². The number of carbonyl (C=O) groups excluding carboxylic acids is 2. The second-order valence-corrected chi connectivity index (χ2v) is 12.5. The van der Waals surface area contributed by atoms with E-state index in [0.29, 0.717) is 34.0 Å². The molecule has 2 heterocycles. The summed E-state index contributed by atoms with van der Waals surface area (Å²) in [4.78, 5) is 37.0. The minimum atomic E-state index is -4.77. The van der Waals surface area contributed by atoms with Crippen LogP contribution in [0, 0.1) is 13.8 Å². The van der Waals surface area contributed by atoms with Crippen LogP contribution in [0.25, 0.3) is 0 Å². The van der Waals surface area contributed by atoms with Crippen LogP contribution in [-0.2, 0) is 5.41 Å². The largest absolute Gasteiger partial charge is 0.402 e. The number of halogens is 3. The molecule has 2 amide bonds. The van der Waals surface area contributed by atoms with Gasteiger partial charge in [-0.1, -0.05) is 55.5 Å². The summed E-state index contributed by atoms with van der Waals surface area (Å²) in [7, 11) is 3.07. The number of rotatable bonds is 4. The standard InChI is InChI=1S/C38H35F3N4O2/c1-20-8-9-24(16-21(20)2)22(3)25-10-15-32-33(17-25)44-35(46)30-18-26(11-13-28(30)23(4)43-32)37(5,38(39,40)41)27-12-14-29-31(19-27)36(47)45(7)34(29)42-6/h8-19,22H,1-7H3,(H,44,46)/t22-,37-/m1/s1. The van der Waals surface area contributed by atoms with Crippen molar-refractivity contribution in [1.29, 1.82) is 0 Å². The fraction of sp³-hybridized carbons (Fsp3) is 0.263. The van der Waals surface area contributed by atoms with Crippen molar-refractivity contribution in [3.63, 3.8) is 0 Å². The van der Waals surface area contributed by atoms with Gasteiger partial charge in [-0.3, -0.25) is 24.5 Å². The lowest BCUT2D eigenvalue weighted by molar-refractivity contribution is -0.173. The van der Waals surface area contributed by atoms with Gasteiger partial charge in [0.05, 0.1) is 16.9 Å². The monoisotopic (exact) mass is 636 g/mol. The topological polar surface area (TPSA) is 74.1 Å². The first kappa shape index (κ1) is 31.9. The lowest BCUT2D eigenvalue weighted by Gasteiger charge is -2.34. The summed E-state index contributed by atoms with van der Waals surface area (Å²) < 4.78 is 45.5. The van der Waals surface area contributed by atoms with Crippen molar-refractivity contribution in [2.45, 2.75) is 52.1 Å². The predicted octanol–water partition coefficient (Wildman–Crippen LogP) is 8.49. The van der Waals surface area contributed by atoms with Gasteiger partial charge in [0.1, 0.15) is 11.3 Å². The summed E-state index contributed by atoms with van der Waals surface area (Å²) in [5.41, 5.74) is 4.37. The summed E-state index contributed by atoms with van der Waals surface area (Å²) in [6, 6.07) is 20.4. The Morgan fingerprint density at radius 3 is 2.04 bits per heavy atom. The molecule has 0 aromatic heterocycles. The fourth-order valence-corrected chi connectivity index (χ4v) is 6.49. The van der Waals surface area contributed by atoms with Crippen molar-refractivity contribution in [3.8, 4) is 0 Å². The van der Waals surface area contributed by atoms with Crippen molar-refractivity contribution < 1.29 is 22.8 Å². The van der Waals surface area contributed by atoms with Gasteiger partial charge in [0.25, 0.3) is 11.8 Å². The molecule has 2 aliphatic rings. The molecule has 240 valence electrons. The van der Waals surface area contributed by atoms with Crippen molar-refractivity contribution in [2.75, 3.05) is 19.4 Å². The minimum Gasteiger partial charge on any atom is -0.320 e. The summed E-state index contributed by atoms with van der Waals surface area (Å²) in [6.07, 6.45) is -4.77. The Kier molecular flexibility index (Phi) is 7.69. The second-order valence-electron chi connectivity index (χ2n) is 12.5.